The summed E-state index contributed by atoms with van der Waals surface area (Å²) >= 11 is 0. The molecule has 13 heteroatoms. The number of hydrogen-bond acceptors (Lipinski definition) is 7. The summed E-state index contributed by atoms with van der Waals surface area (Å²) < 4.78 is 45.8. The van der Waals surface area contributed by atoms with Gasteiger partial charge in [0.1, 0.15) is 18.2 Å². The van der Waals surface area contributed by atoms with E-state index < -0.39 is 47.7 Å². The number of alkyl halides is 3. The average Bonchev–Trinajstić information content (AvgIpc) is 3.42. The van der Waals surface area contributed by atoms with Crippen LogP contribution >= 0.6 is 0 Å². The average molecular weight is 749 g/mol. The van der Waals surface area contributed by atoms with E-state index >= 15 is 0 Å². The fourth-order valence-corrected chi connectivity index (χ4v) is 5.82. The van der Waals surface area contributed by atoms with E-state index in [2.05, 4.69) is 27.8 Å². The molecule has 5 N–H and O–H groups in total. The van der Waals surface area contributed by atoms with Gasteiger partial charge in [0.05, 0.1) is 17.9 Å². The predicted molar refractivity (Wildman–Crippen MR) is 202 cm³/mol. The summed E-state index contributed by atoms with van der Waals surface area (Å²) in [6.45, 7) is 8.82. The molecule has 0 saturated heterocycles. The molecule has 0 spiro atoms. The van der Waals surface area contributed by atoms with Crippen LogP contribution in [0, 0.1) is 0 Å². The van der Waals surface area contributed by atoms with E-state index in [0.717, 1.165) is 6.08 Å². The number of Topliss-reactive ketones (excluding diaryl/α,β-unsaturated/α-hetero) is 1. The molecule has 0 fully saturated rings. The van der Waals surface area contributed by atoms with Crippen LogP contribution in [-0.4, -0.2) is 74.4 Å². The molecule has 2 aromatic carbocycles. The van der Waals surface area contributed by atoms with E-state index in [0.29, 0.717) is 35.4 Å². The number of aliphatic hydroxyl groups excluding tert-OH is 1. The number of nitrogens with one attached hydrogen (secondary N) is 4. The monoisotopic (exact) mass is 748 g/mol. The third-order valence-corrected chi connectivity index (χ3v) is 8.52. The number of rotatable bonds is 18. The molecular weight excluding hydrogens is 701 g/mol. The third-order valence-electron chi connectivity index (χ3n) is 8.52. The molecule has 2 unspecified atom stereocenters. The SMILES string of the molecule is C=C/C(NC(=O)c1ccccc1C1=CC=C(C(F)(F)F)CC=C1)=C(\C=C(/C)CC(=O)COCC(C(=O)NCC)(c1ccccc1)C(O)NCC)C(=O)NC. The summed E-state index contributed by atoms with van der Waals surface area (Å²) in [7, 11) is 1.39. The normalized spacial score (nSPS) is 15.4. The fourth-order valence-electron chi connectivity index (χ4n) is 5.82. The minimum atomic E-state index is -4.49. The van der Waals surface area contributed by atoms with Gasteiger partial charge in [-0.3, -0.25) is 24.5 Å². The molecule has 288 valence electrons. The Hall–Kier alpha value is -5.37. The van der Waals surface area contributed by atoms with Gasteiger partial charge in [0.25, 0.3) is 11.8 Å². The molecule has 1 aliphatic carbocycles. The Kier molecular flexibility index (Phi) is 16.1. The van der Waals surface area contributed by atoms with E-state index in [4.69, 9.17) is 4.74 Å². The van der Waals surface area contributed by atoms with E-state index in [1.54, 1.807) is 69.3 Å². The Morgan fingerprint density at radius 3 is 2.31 bits per heavy atom. The van der Waals surface area contributed by atoms with Crippen LogP contribution < -0.4 is 21.3 Å². The van der Waals surface area contributed by atoms with E-state index in [1.165, 1.54) is 43.5 Å². The Bertz CT molecular complexity index is 1850. The maximum Gasteiger partial charge on any atom is 0.412 e. The lowest BCUT2D eigenvalue weighted by molar-refractivity contribution is -0.139. The number of hydrogen-bond donors (Lipinski definition) is 5. The van der Waals surface area contributed by atoms with Crippen molar-refractivity contribution in [1.29, 1.82) is 0 Å². The quantitative estimate of drug-likeness (QED) is 0.0785. The van der Waals surface area contributed by atoms with Crippen molar-refractivity contribution in [2.45, 2.75) is 51.4 Å². The number of carbonyl (C=O) groups is 4. The number of ketones is 1. The van der Waals surface area contributed by atoms with Crippen molar-refractivity contribution >= 4 is 29.1 Å². The predicted octanol–water partition coefficient (Wildman–Crippen LogP) is 5.36. The molecule has 54 heavy (non-hydrogen) atoms. The Morgan fingerprint density at radius 2 is 1.69 bits per heavy atom. The first-order chi connectivity index (χ1) is 25.7. The van der Waals surface area contributed by atoms with Crippen LogP contribution in [0.2, 0.25) is 0 Å². The lowest BCUT2D eigenvalue weighted by atomic mass is 9.78. The van der Waals surface area contributed by atoms with E-state index in [-0.39, 0.29) is 42.1 Å². The van der Waals surface area contributed by atoms with Crippen molar-refractivity contribution in [1.82, 2.24) is 21.3 Å². The molecule has 1 aliphatic rings. The Labute approximate surface area is 313 Å². The van der Waals surface area contributed by atoms with Crippen LogP contribution in [0.15, 0.2) is 120 Å². The molecule has 2 aromatic rings. The Morgan fingerprint density at radius 1 is 1.00 bits per heavy atom. The highest BCUT2D eigenvalue weighted by molar-refractivity contribution is 6.03. The smallest absolute Gasteiger partial charge is 0.377 e. The highest BCUT2D eigenvalue weighted by Crippen LogP contribution is 2.32. The molecular formula is C41H47F3N4O6. The number of benzene rings is 2. The molecule has 2 atom stereocenters. The van der Waals surface area contributed by atoms with Gasteiger partial charge in [-0.2, -0.15) is 13.2 Å². The lowest BCUT2D eigenvalue weighted by Gasteiger charge is -2.37. The fraction of sp³-hybridized carbons (Fsp3) is 0.317. The first-order valence-corrected chi connectivity index (χ1v) is 17.4. The van der Waals surface area contributed by atoms with Gasteiger partial charge in [0.2, 0.25) is 5.91 Å². The first-order valence-electron chi connectivity index (χ1n) is 17.4. The molecule has 0 saturated carbocycles. The summed E-state index contributed by atoms with van der Waals surface area (Å²) in [5.41, 5.74) is -0.470. The van der Waals surface area contributed by atoms with Gasteiger partial charge in [-0.15, -0.1) is 0 Å². The maximum absolute atomic E-state index is 13.6. The van der Waals surface area contributed by atoms with E-state index in [9.17, 15) is 37.5 Å². The molecule has 0 aliphatic heterocycles. The second-order valence-electron chi connectivity index (χ2n) is 12.4. The molecule has 10 nitrogen and oxygen atoms in total. The van der Waals surface area contributed by atoms with Crippen LogP contribution in [0.1, 0.15) is 55.1 Å². The van der Waals surface area contributed by atoms with Crippen molar-refractivity contribution in [2.24, 2.45) is 0 Å². The minimum Gasteiger partial charge on any atom is -0.377 e. The molecule has 0 radical (unpaired) electrons. The van der Waals surface area contributed by atoms with Crippen molar-refractivity contribution < 1.29 is 42.2 Å². The summed E-state index contributed by atoms with van der Waals surface area (Å²) in [4.78, 5) is 53.3. The summed E-state index contributed by atoms with van der Waals surface area (Å²) in [6, 6.07) is 15.0. The second-order valence-corrected chi connectivity index (χ2v) is 12.4. The van der Waals surface area contributed by atoms with Crippen LogP contribution in [0.5, 0.6) is 0 Å². The zero-order valence-corrected chi connectivity index (χ0v) is 30.8. The number of likely N-dealkylation sites (N-methyl/N-ethyl adjacent to an activating group) is 3. The third kappa shape index (κ3) is 11.1. The lowest BCUT2D eigenvalue weighted by Crippen LogP contribution is -2.60. The van der Waals surface area contributed by atoms with Gasteiger partial charge in [-0.25, -0.2) is 0 Å². The van der Waals surface area contributed by atoms with Crippen LogP contribution in [0.25, 0.3) is 5.57 Å². The van der Waals surface area contributed by atoms with Gasteiger partial charge in [-0.1, -0.05) is 91.9 Å². The number of halogens is 3. The molecule has 0 bridgehead atoms. The van der Waals surface area contributed by atoms with Gasteiger partial charge in [-0.05, 0) is 61.7 Å². The number of aliphatic hydroxyl groups is 1. The van der Waals surface area contributed by atoms with Crippen LogP contribution in [-0.2, 0) is 24.5 Å². The molecule has 3 amide bonds. The highest BCUT2D eigenvalue weighted by Gasteiger charge is 2.47. The Balaban J connectivity index is 1.85. The summed E-state index contributed by atoms with van der Waals surface area (Å²) in [5.74, 6) is -2.11. The van der Waals surface area contributed by atoms with Gasteiger partial charge >= 0.3 is 6.18 Å². The summed E-state index contributed by atoms with van der Waals surface area (Å²) in [5, 5.41) is 22.0. The zero-order chi connectivity index (χ0) is 39.9. The van der Waals surface area contributed by atoms with Crippen molar-refractivity contribution in [3.8, 4) is 0 Å². The first kappa shape index (κ1) is 43.0. The zero-order valence-electron chi connectivity index (χ0n) is 30.8. The van der Waals surface area contributed by atoms with Gasteiger partial charge in [0.15, 0.2) is 5.78 Å². The highest BCUT2D eigenvalue weighted by atomic mass is 19.4. The molecule has 3 rings (SSSR count). The standard InChI is InChI=1S/C41H47F3N4O6/c1-6-35(48-37(51)33-20-13-12-19-32(33)28-15-14-18-30(22-21-28)41(42,43)44)34(36(50)45-5)24-27(4)23-31(49)25-54-26-40(38(52)46-7-2,39(53)47-8-3)29-16-10-9-11-17-29/h6,9-17,19-22,24,38,46,52H,1,7-8,18,23,25-26H2,2-5H3,(H,45,50)(H,47,53)(H,48,51)/b27-24+,35-34-. The summed E-state index contributed by atoms with van der Waals surface area (Å²) in [6.07, 6.45) is 1.56. The van der Waals surface area contributed by atoms with E-state index in [1.807, 2.05) is 0 Å². The number of amides is 3. The van der Waals surface area contributed by atoms with Crippen molar-refractivity contribution in [3.05, 3.63) is 137 Å². The van der Waals surface area contributed by atoms with Crippen molar-refractivity contribution in [3.63, 3.8) is 0 Å². The second kappa shape index (κ2) is 20.2. The van der Waals surface area contributed by atoms with Crippen LogP contribution in [0.3, 0.4) is 0 Å². The van der Waals surface area contributed by atoms with Gasteiger partial charge in [0, 0.05) is 31.1 Å². The largest absolute Gasteiger partial charge is 0.412 e. The molecule has 0 heterocycles. The van der Waals surface area contributed by atoms with Crippen molar-refractivity contribution in [2.75, 3.05) is 33.4 Å². The minimum absolute atomic E-state index is 0.0102. The number of carbonyl (C=O) groups excluding carboxylic acids is 4. The topological polar surface area (TPSA) is 146 Å². The maximum atomic E-state index is 13.6. The molecule has 0 aromatic heterocycles. The van der Waals surface area contributed by atoms with Crippen LogP contribution in [0.4, 0.5) is 13.2 Å². The number of ether oxygens (including phenoxy) is 1. The van der Waals surface area contributed by atoms with Gasteiger partial charge < -0.3 is 25.8 Å². The number of allylic oxidation sites excluding steroid dienone is 8.